The highest BCUT2D eigenvalue weighted by Gasteiger charge is 2.42. The first-order valence-electron chi connectivity index (χ1n) is 13.1. The molecule has 1 spiro atoms. The maximum Gasteiger partial charge on any atom is 0.410 e. The number of hydrogen-bond donors (Lipinski definition) is 1. The van der Waals surface area contributed by atoms with E-state index in [-0.39, 0.29) is 17.4 Å². The fourth-order valence-electron chi connectivity index (χ4n) is 5.76. The zero-order valence-corrected chi connectivity index (χ0v) is 21.9. The van der Waals surface area contributed by atoms with Gasteiger partial charge in [0.15, 0.2) is 0 Å². The smallest absolute Gasteiger partial charge is 0.410 e. The van der Waals surface area contributed by atoms with Gasteiger partial charge in [0.2, 0.25) is 5.91 Å². The Balaban J connectivity index is 1.63. The maximum absolute atomic E-state index is 12.6. The highest BCUT2D eigenvalue weighted by Crippen LogP contribution is 2.50. The Bertz CT molecular complexity index is 848. The van der Waals surface area contributed by atoms with E-state index in [2.05, 4.69) is 6.07 Å². The van der Waals surface area contributed by atoms with E-state index < -0.39 is 5.60 Å². The van der Waals surface area contributed by atoms with Crippen LogP contribution in [0.5, 0.6) is 5.75 Å². The number of likely N-dealkylation sites (tertiary alicyclic amines) is 1. The number of rotatable bonds is 7. The fourth-order valence-corrected chi connectivity index (χ4v) is 5.76. The van der Waals surface area contributed by atoms with E-state index in [1.807, 2.05) is 50.5 Å². The lowest BCUT2D eigenvalue weighted by Gasteiger charge is -2.47. The van der Waals surface area contributed by atoms with Crippen molar-refractivity contribution in [3.63, 3.8) is 0 Å². The number of benzene rings is 1. The standard InChI is InChI=1S/C28H44N2O4/c1-6-29(7-2)25(32)11-9-8-10-21-19-28(20-22-12-13-23(31)18-24(21)22)14-16-30(17-15-28)26(33)34-27(3,4)5/h12-13,18,21,31H,6-11,14-17,19-20H2,1-5H3. The van der Waals surface area contributed by atoms with Crippen LogP contribution in [0.1, 0.15) is 96.6 Å². The lowest BCUT2D eigenvalue weighted by atomic mass is 9.62. The summed E-state index contributed by atoms with van der Waals surface area (Å²) in [6.07, 6.45) is 7.37. The quantitative estimate of drug-likeness (QED) is 0.504. The number of phenols is 1. The molecule has 190 valence electrons. The van der Waals surface area contributed by atoms with Crippen LogP contribution in [0.25, 0.3) is 0 Å². The van der Waals surface area contributed by atoms with Gasteiger partial charge in [-0.3, -0.25) is 4.79 Å². The summed E-state index contributed by atoms with van der Waals surface area (Å²) >= 11 is 0. The first kappa shape index (κ1) is 26.4. The molecule has 0 bridgehead atoms. The average Bonchev–Trinajstić information content (AvgIpc) is 2.77. The third-order valence-corrected chi connectivity index (χ3v) is 7.60. The second-order valence-electron chi connectivity index (χ2n) is 11.2. The molecular weight excluding hydrogens is 428 g/mol. The van der Waals surface area contributed by atoms with Crippen LogP contribution in [0.4, 0.5) is 4.79 Å². The number of hydrogen-bond acceptors (Lipinski definition) is 4. The third kappa shape index (κ3) is 6.67. The molecule has 6 heteroatoms. The first-order valence-corrected chi connectivity index (χ1v) is 13.1. The Morgan fingerprint density at radius 3 is 2.44 bits per heavy atom. The van der Waals surface area contributed by atoms with Crippen LogP contribution < -0.4 is 0 Å². The summed E-state index contributed by atoms with van der Waals surface area (Å²) in [5.41, 5.74) is 2.31. The Hall–Kier alpha value is -2.24. The minimum absolute atomic E-state index is 0.185. The molecule has 1 fully saturated rings. The van der Waals surface area contributed by atoms with Gasteiger partial charge in [0.05, 0.1) is 0 Å². The van der Waals surface area contributed by atoms with Gasteiger partial charge in [0.1, 0.15) is 11.4 Å². The number of piperidine rings is 1. The third-order valence-electron chi connectivity index (χ3n) is 7.60. The van der Waals surface area contributed by atoms with E-state index >= 15 is 0 Å². The lowest BCUT2D eigenvalue weighted by Crippen LogP contribution is -2.47. The largest absolute Gasteiger partial charge is 0.508 e. The number of carbonyl (C=O) groups excluding carboxylic acids is 2. The molecule has 0 aromatic heterocycles. The summed E-state index contributed by atoms with van der Waals surface area (Å²) in [5.74, 6) is 0.960. The number of phenolic OH excluding ortho intramolecular Hbond substituents is 1. The summed E-state index contributed by atoms with van der Waals surface area (Å²) in [5, 5.41) is 10.1. The van der Waals surface area contributed by atoms with Gasteiger partial charge >= 0.3 is 6.09 Å². The van der Waals surface area contributed by atoms with Crippen molar-refractivity contribution in [1.82, 2.24) is 9.80 Å². The number of nitrogens with zero attached hydrogens (tertiary/aromatic N) is 2. The molecule has 2 aliphatic rings. The van der Waals surface area contributed by atoms with Crippen LogP contribution in [0.3, 0.4) is 0 Å². The van der Waals surface area contributed by atoms with Gasteiger partial charge in [-0.2, -0.15) is 0 Å². The van der Waals surface area contributed by atoms with Gasteiger partial charge in [-0.25, -0.2) is 4.79 Å². The van der Waals surface area contributed by atoms with Crippen LogP contribution in [-0.4, -0.2) is 58.7 Å². The van der Waals surface area contributed by atoms with Crippen LogP contribution in [0.15, 0.2) is 18.2 Å². The number of unbranched alkanes of at least 4 members (excludes halogenated alkanes) is 1. The lowest BCUT2D eigenvalue weighted by molar-refractivity contribution is -0.130. The number of ether oxygens (including phenoxy) is 1. The molecule has 1 unspecified atom stereocenters. The van der Waals surface area contributed by atoms with Gasteiger partial charge in [-0.15, -0.1) is 0 Å². The SMILES string of the molecule is CCN(CC)C(=O)CCCCC1CC2(CCN(C(=O)OC(C)(C)C)CC2)Cc2ccc(O)cc21. The molecule has 6 nitrogen and oxygen atoms in total. The molecule has 1 aliphatic heterocycles. The minimum atomic E-state index is -0.476. The van der Waals surface area contributed by atoms with Gasteiger partial charge < -0.3 is 19.6 Å². The second kappa shape index (κ2) is 11.0. The van der Waals surface area contributed by atoms with E-state index in [1.54, 1.807) is 6.07 Å². The first-order chi connectivity index (χ1) is 16.1. The van der Waals surface area contributed by atoms with Crippen LogP contribution >= 0.6 is 0 Å². The van der Waals surface area contributed by atoms with Crippen LogP contribution in [0.2, 0.25) is 0 Å². The summed E-state index contributed by atoms with van der Waals surface area (Å²) in [4.78, 5) is 28.7. The number of carbonyl (C=O) groups is 2. The topological polar surface area (TPSA) is 70.1 Å². The second-order valence-corrected chi connectivity index (χ2v) is 11.2. The normalized spacial score (nSPS) is 19.6. The van der Waals surface area contributed by atoms with Crippen molar-refractivity contribution in [2.24, 2.45) is 5.41 Å². The predicted octanol–water partition coefficient (Wildman–Crippen LogP) is 5.87. The molecule has 1 heterocycles. The molecule has 2 amide bonds. The molecule has 1 saturated heterocycles. The van der Waals surface area contributed by atoms with Crippen molar-refractivity contribution in [3.05, 3.63) is 29.3 Å². The van der Waals surface area contributed by atoms with E-state index in [9.17, 15) is 14.7 Å². The fraction of sp³-hybridized carbons (Fsp3) is 0.714. The van der Waals surface area contributed by atoms with E-state index in [1.165, 1.54) is 11.1 Å². The molecule has 1 N–H and O–H groups in total. The summed E-state index contributed by atoms with van der Waals surface area (Å²) in [6.45, 7) is 12.8. The number of aromatic hydroxyl groups is 1. The summed E-state index contributed by atoms with van der Waals surface area (Å²) in [7, 11) is 0. The van der Waals surface area contributed by atoms with Crippen molar-refractivity contribution in [2.75, 3.05) is 26.2 Å². The molecule has 1 aromatic carbocycles. The molecule has 3 rings (SSSR count). The van der Waals surface area contributed by atoms with Crippen molar-refractivity contribution in [2.45, 2.75) is 97.5 Å². The van der Waals surface area contributed by atoms with Crippen molar-refractivity contribution in [3.8, 4) is 5.75 Å². The molecule has 34 heavy (non-hydrogen) atoms. The molecule has 1 atom stereocenters. The summed E-state index contributed by atoms with van der Waals surface area (Å²) in [6, 6.07) is 5.83. The van der Waals surface area contributed by atoms with Gasteiger partial charge in [-0.05, 0) is 108 Å². The van der Waals surface area contributed by atoms with Gasteiger partial charge in [0.25, 0.3) is 0 Å². The Morgan fingerprint density at radius 1 is 1.15 bits per heavy atom. The van der Waals surface area contributed by atoms with Crippen molar-refractivity contribution < 1.29 is 19.4 Å². The molecule has 1 aromatic rings. The van der Waals surface area contributed by atoms with Crippen LogP contribution in [0, 0.1) is 5.41 Å². The van der Waals surface area contributed by atoms with Crippen LogP contribution in [-0.2, 0) is 16.0 Å². The Labute approximate surface area is 205 Å². The zero-order chi connectivity index (χ0) is 24.9. The Kier molecular flexibility index (Phi) is 8.53. The minimum Gasteiger partial charge on any atom is -0.508 e. The summed E-state index contributed by atoms with van der Waals surface area (Å²) < 4.78 is 5.59. The predicted molar refractivity (Wildman–Crippen MR) is 135 cm³/mol. The van der Waals surface area contributed by atoms with E-state index in [0.717, 1.165) is 71.1 Å². The molecule has 0 saturated carbocycles. The highest BCUT2D eigenvalue weighted by atomic mass is 16.6. The number of amides is 2. The molecule has 0 radical (unpaired) electrons. The van der Waals surface area contributed by atoms with Crippen molar-refractivity contribution >= 4 is 12.0 Å². The van der Waals surface area contributed by atoms with Gasteiger partial charge in [-0.1, -0.05) is 12.5 Å². The van der Waals surface area contributed by atoms with E-state index in [4.69, 9.17) is 4.74 Å². The Morgan fingerprint density at radius 2 is 1.82 bits per heavy atom. The average molecular weight is 473 g/mol. The zero-order valence-electron chi connectivity index (χ0n) is 21.9. The van der Waals surface area contributed by atoms with Gasteiger partial charge in [0, 0.05) is 32.6 Å². The molecule has 1 aliphatic carbocycles. The monoisotopic (exact) mass is 472 g/mol. The maximum atomic E-state index is 12.6. The van der Waals surface area contributed by atoms with Crippen molar-refractivity contribution in [1.29, 1.82) is 0 Å². The number of fused-ring (bicyclic) bond motifs is 1. The van der Waals surface area contributed by atoms with E-state index in [0.29, 0.717) is 18.1 Å². The highest BCUT2D eigenvalue weighted by molar-refractivity contribution is 5.76. The molecular formula is C28H44N2O4.